The van der Waals surface area contributed by atoms with Gasteiger partial charge >= 0.3 is 0 Å². The molecule has 1 aromatic rings. The Morgan fingerprint density at radius 2 is 1.94 bits per heavy atom. The van der Waals surface area contributed by atoms with Crippen molar-refractivity contribution in [1.29, 1.82) is 0 Å². The quantitative estimate of drug-likeness (QED) is 0.793. The van der Waals surface area contributed by atoms with Gasteiger partial charge < -0.3 is 5.11 Å². The molecule has 1 N–H and O–H groups in total. The van der Waals surface area contributed by atoms with E-state index in [0.717, 1.165) is 18.5 Å². The monoisotopic (exact) mass is 221 g/mol. The van der Waals surface area contributed by atoms with Crippen LogP contribution in [0.25, 0.3) is 0 Å². The van der Waals surface area contributed by atoms with Crippen LogP contribution in [0, 0.1) is 0 Å². The number of phenolic OH excluding ortho intramolecular Hbond substituents is 1. The maximum Gasteiger partial charge on any atom is 0.120 e. The predicted molar refractivity (Wildman–Crippen MR) is 68.7 cm³/mol. The van der Waals surface area contributed by atoms with Gasteiger partial charge in [-0.3, -0.25) is 4.90 Å². The van der Waals surface area contributed by atoms with Crippen LogP contribution in [0.5, 0.6) is 5.75 Å². The molecule has 0 aliphatic carbocycles. The maximum atomic E-state index is 9.86. The third-order valence-electron chi connectivity index (χ3n) is 3.08. The summed E-state index contributed by atoms with van der Waals surface area (Å²) >= 11 is 0. The van der Waals surface area contributed by atoms with Gasteiger partial charge in [0.2, 0.25) is 0 Å². The minimum atomic E-state index is 0.327. The Hall–Kier alpha value is -1.02. The molecule has 0 aromatic heterocycles. The topological polar surface area (TPSA) is 23.5 Å². The van der Waals surface area contributed by atoms with Gasteiger partial charge in [0, 0.05) is 11.6 Å². The van der Waals surface area contributed by atoms with E-state index >= 15 is 0 Å². The zero-order chi connectivity index (χ0) is 12.0. The summed E-state index contributed by atoms with van der Waals surface area (Å²) in [5.74, 6) is 0.415. The zero-order valence-corrected chi connectivity index (χ0v) is 10.6. The van der Waals surface area contributed by atoms with Gasteiger partial charge in [-0.1, -0.05) is 38.5 Å². The highest BCUT2D eigenvalue weighted by atomic mass is 16.3. The number of hydrogen-bond donors (Lipinski definition) is 1. The molecule has 1 atom stereocenters. The molecule has 0 bridgehead atoms. The van der Waals surface area contributed by atoms with Crippen molar-refractivity contribution in [3.63, 3.8) is 0 Å². The molecule has 1 unspecified atom stereocenters. The highest BCUT2D eigenvalue weighted by Gasteiger charge is 2.17. The molecule has 0 aliphatic rings. The molecule has 0 spiro atoms. The Morgan fingerprint density at radius 1 is 1.25 bits per heavy atom. The molecular weight excluding hydrogens is 198 g/mol. The lowest BCUT2D eigenvalue weighted by molar-refractivity contribution is 0.231. The lowest BCUT2D eigenvalue weighted by atomic mass is 10.0. The van der Waals surface area contributed by atoms with E-state index in [4.69, 9.17) is 0 Å². The van der Waals surface area contributed by atoms with Gasteiger partial charge in [0.05, 0.1) is 0 Å². The number of nitrogens with zero attached hydrogens (tertiary/aromatic N) is 1. The number of phenols is 1. The van der Waals surface area contributed by atoms with Crippen LogP contribution in [0.2, 0.25) is 0 Å². The third kappa shape index (κ3) is 3.24. The van der Waals surface area contributed by atoms with E-state index < -0.39 is 0 Å². The Bertz CT molecular complexity index is 311. The minimum absolute atomic E-state index is 0.327. The summed E-state index contributed by atoms with van der Waals surface area (Å²) in [6.45, 7) is 5.46. The van der Waals surface area contributed by atoms with Gasteiger partial charge in [0.25, 0.3) is 0 Å². The first-order chi connectivity index (χ1) is 7.70. The first kappa shape index (κ1) is 13.0. The lowest BCUT2D eigenvalue weighted by Crippen LogP contribution is -2.25. The minimum Gasteiger partial charge on any atom is -0.508 e. The molecule has 1 rings (SSSR count). The van der Waals surface area contributed by atoms with Gasteiger partial charge in [0.15, 0.2) is 0 Å². The van der Waals surface area contributed by atoms with E-state index in [2.05, 4.69) is 25.8 Å². The molecule has 0 radical (unpaired) electrons. The molecule has 90 valence electrons. The predicted octanol–water partition coefficient (Wildman–Crippen LogP) is 3.58. The summed E-state index contributed by atoms with van der Waals surface area (Å²) in [4.78, 5) is 2.33. The second kappa shape index (κ2) is 6.54. The van der Waals surface area contributed by atoms with Crippen LogP contribution in [0.1, 0.15) is 44.7 Å². The summed E-state index contributed by atoms with van der Waals surface area (Å²) in [5, 5.41) is 9.86. The molecule has 0 fully saturated rings. The van der Waals surface area contributed by atoms with E-state index in [1.54, 1.807) is 6.07 Å². The summed E-state index contributed by atoms with van der Waals surface area (Å²) in [6.07, 6.45) is 3.44. The maximum absolute atomic E-state index is 9.86. The number of hydrogen-bond acceptors (Lipinski definition) is 2. The zero-order valence-electron chi connectivity index (χ0n) is 10.6. The van der Waals surface area contributed by atoms with Crippen molar-refractivity contribution in [3.8, 4) is 5.75 Å². The van der Waals surface area contributed by atoms with Crippen LogP contribution < -0.4 is 0 Å². The highest BCUT2D eigenvalue weighted by Crippen LogP contribution is 2.29. The molecule has 2 nitrogen and oxygen atoms in total. The van der Waals surface area contributed by atoms with Gasteiger partial charge in [-0.25, -0.2) is 0 Å². The SMILES string of the molecule is CCCCN(C)C(CC)c1ccccc1O. The molecule has 0 heterocycles. The van der Waals surface area contributed by atoms with E-state index in [-0.39, 0.29) is 0 Å². The average molecular weight is 221 g/mol. The molecule has 1 aromatic carbocycles. The van der Waals surface area contributed by atoms with E-state index in [9.17, 15) is 5.11 Å². The average Bonchev–Trinajstić information content (AvgIpc) is 2.30. The van der Waals surface area contributed by atoms with Crippen molar-refractivity contribution < 1.29 is 5.11 Å². The highest BCUT2D eigenvalue weighted by molar-refractivity contribution is 5.34. The normalized spacial score (nSPS) is 13.0. The van der Waals surface area contributed by atoms with Crippen molar-refractivity contribution in [2.45, 2.75) is 39.2 Å². The van der Waals surface area contributed by atoms with Gasteiger partial charge in [-0.05, 0) is 32.5 Å². The Morgan fingerprint density at radius 3 is 2.50 bits per heavy atom. The smallest absolute Gasteiger partial charge is 0.120 e. The largest absolute Gasteiger partial charge is 0.508 e. The Labute approximate surface area is 98.9 Å². The molecule has 0 saturated carbocycles. The molecule has 16 heavy (non-hydrogen) atoms. The molecule has 0 amide bonds. The standard InChI is InChI=1S/C14H23NO/c1-4-6-11-15(3)13(5-2)12-9-7-8-10-14(12)16/h7-10,13,16H,4-6,11H2,1-3H3. The van der Waals surface area contributed by atoms with Crippen LogP contribution in [0.4, 0.5) is 0 Å². The number of benzene rings is 1. The van der Waals surface area contributed by atoms with Crippen LogP contribution in [-0.4, -0.2) is 23.6 Å². The summed E-state index contributed by atoms with van der Waals surface area (Å²) in [5.41, 5.74) is 1.05. The van der Waals surface area contributed by atoms with Crippen LogP contribution >= 0.6 is 0 Å². The van der Waals surface area contributed by atoms with E-state index in [1.165, 1.54) is 12.8 Å². The fourth-order valence-corrected chi connectivity index (χ4v) is 2.10. The fraction of sp³-hybridized carbons (Fsp3) is 0.571. The van der Waals surface area contributed by atoms with Crippen molar-refractivity contribution in [3.05, 3.63) is 29.8 Å². The summed E-state index contributed by atoms with van der Waals surface area (Å²) in [7, 11) is 2.14. The third-order valence-corrected chi connectivity index (χ3v) is 3.08. The first-order valence-corrected chi connectivity index (χ1v) is 6.18. The van der Waals surface area contributed by atoms with Gasteiger partial charge in [0.1, 0.15) is 5.75 Å². The van der Waals surface area contributed by atoms with Crippen LogP contribution in [-0.2, 0) is 0 Å². The van der Waals surface area contributed by atoms with E-state index in [1.807, 2.05) is 18.2 Å². The number of para-hydroxylation sites is 1. The van der Waals surface area contributed by atoms with Gasteiger partial charge in [-0.15, -0.1) is 0 Å². The molecule has 0 aliphatic heterocycles. The van der Waals surface area contributed by atoms with Crippen LogP contribution in [0.3, 0.4) is 0 Å². The number of aromatic hydroxyl groups is 1. The van der Waals surface area contributed by atoms with Gasteiger partial charge in [-0.2, -0.15) is 0 Å². The Kier molecular flexibility index (Phi) is 5.33. The summed E-state index contributed by atoms with van der Waals surface area (Å²) in [6, 6.07) is 7.98. The van der Waals surface area contributed by atoms with Crippen molar-refractivity contribution in [1.82, 2.24) is 4.90 Å². The first-order valence-electron chi connectivity index (χ1n) is 6.18. The fourth-order valence-electron chi connectivity index (χ4n) is 2.10. The molecule has 0 saturated heterocycles. The van der Waals surface area contributed by atoms with Crippen molar-refractivity contribution >= 4 is 0 Å². The molecule has 2 heteroatoms. The number of rotatable bonds is 6. The lowest BCUT2D eigenvalue weighted by Gasteiger charge is -2.27. The molecular formula is C14H23NO. The van der Waals surface area contributed by atoms with Crippen molar-refractivity contribution in [2.24, 2.45) is 0 Å². The summed E-state index contributed by atoms with van der Waals surface area (Å²) < 4.78 is 0. The van der Waals surface area contributed by atoms with E-state index in [0.29, 0.717) is 11.8 Å². The number of unbranched alkanes of at least 4 members (excludes halogenated alkanes) is 1. The Balaban J connectivity index is 2.77. The second-order valence-electron chi connectivity index (χ2n) is 4.32. The van der Waals surface area contributed by atoms with Crippen molar-refractivity contribution in [2.75, 3.05) is 13.6 Å². The second-order valence-corrected chi connectivity index (χ2v) is 4.32. The van der Waals surface area contributed by atoms with Crippen LogP contribution in [0.15, 0.2) is 24.3 Å².